The van der Waals surface area contributed by atoms with Gasteiger partial charge in [0.2, 0.25) is 0 Å². The molecule has 1 saturated heterocycles. The van der Waals surface area contributed by atoms with E-state index in [1.807, 2.05) is 37.3 Å². The third-order valence-corrected chi connectivity index (χ3v) is 4.80. The van der Waals surface area contributed by atoms with Crippen molar-refractivity contribution in [2.45, 2.75) is 18.9 Å². The van der Waals surface area contributed by atoms with Gasteiger partial charge in [0, 0.05) is 43.7 Å². The summed E-state index contributed by atoms with van der Waals surface area (Å²) in [6.07, 6.45) is 6.96. The second-order valence-electron chi connectivity index (χ2n) is 6.52. The first-order valence-corrected chi connectivity index (χ1v) is 7.90. The van der Waals surface area contributed by atoms with E-state index in [4.69, 9.17) is 16.3 Å². The van der Waals surface area contributed by atoms with E-state index in [1.165, 1.54) is 0 Å². The molecule has 1 aromatic carbocycles. The van der Waals surface area contributed by atoms with Crippen molar-refractivity contribution in [3.8, 4) is 5.75 Å². The molecule has 0 bridgehead atoms. The quantitative estimate of drug-likeness (QED) is 0.847. The van der Waals surface area contributed by atoms with Crippen LogP contribution in [-0.4, -0.2) is 44.5 Å². The molecule has 0 unspecified atom stereocenters. The van der Waals surface area contributed by atoms with Crippen molar-refractivity contribution in [2.24, 2.45) is 5.41 Å². The molecule has 1 N–H and O–H groups in total. The Kier molecular flexibility index (Phi) is 4.15. The van der Waals surface area contributed by atoms with Crippen molar-refractivity contribution >= 4 is 24.0 Å². The minimum atomic E-state index is 0.231. The monoisotopic (exact) mass is 320 g/mol. The first kappa shape index (κ1) is 15.4. The summed E-state index contributed by atoms with van der Waals surface area (Å²) in [5.41, 5.74) is 1.70. The molecule has 0 aromatic heterocycles. The fourth-order valence-corrected chi connectivity index (χ4v) is 3.35. The van der Waals surface area contributed by atoms with Crippen LogP contribution >= 0.6 is 11.6 Å². The lowest BCUT2D eigenvalue weighted by molar-refractivity contribution is -0.0496. The number of ether oxygens (including phenoxy) is 1. The van der Waals surface area contributed by atoms with Crippen LogP contribution in [0.2, 0.25) is 5.02 Å². The number of benzene rings is 1. The van der Waals surface area contributed by atoms with Crippen molar-refractivity contribution in [2.75, 3.05) is 27.2 Å². The Morgan fingerprint density at radius 2 is 2.05 bits per heavy atom. The van der Waals surface area contributed by atoms with E-state index in [9.17, 15) is 4.79 Å². The van der Waals surface area contributed by atoms with Gasteiger partial charge in [0.1, 0.15) is 5.75 Å². The summed E-state index contributed by atoms with van der Waals surface area (Å²) in [5.74, 6) is 0.733. The Morgan fingerprint density at radius 3 is 2.59 bits per heavy atom. The summed E-state index contributed by atoms with van der Waals surface area (Å²) in [4.78, 5) is 13.3. The second kappa shape index (κ2) is 5.94. The first-order chi connectivity index (χ1) is 10.5. The molecule has 0 atom stereocenters. The van der Waals surface area contributed by atoms with Gasteiger partial charge in [0.05, 0.1) is 11.1 Å². The molecule has 2 aliphatic rings. The molecule has 1 saturated carbocycles. The molecule has 22 heavy (non-hydrogen) atoms. The maximum atomic E-state index is 11.4. The minimum Gasteiger partial charge on any atom is -0.490 e. The van der Waals surface area contributed by atoms with Gasteiger partial charge in [-0.25, -0.2) is 0 Å². The average molecular weight is 321 g/mol. The number of nitrogens with zero attached hydrogens (tertiary/aromatic N) is 1. The Labute approximate surface area is 136 Å². The van der Waals surface area contributed by atoms with Gasteiger partial charge in [-0.15, -0.1) is 0 Å². The summed E-state index contributed by atoms with van der Waals surface area (Å²) in [7, 11) is 3.86. The van der Waals surface area contributed by atoms with E-state index < -0.39 is 0 Å². The van der Waals surface area contributed by atoms with Gasteiger partial charge in [-0.05, 0) is 37.3 Å². The van der Waals surface area contributed by atoms with Crippen molar-refractivity contribution in [3.05, 3.63) is 34.5 Å². The maximum Gasteiger partial charge on any atom is 0.152 e. The average Bonchev–Trinajstić information content (AvgIpc) is 2.39. The summed E-state index contributed by atoms with van der Waals surface area (Å²) in [5, 5.41) is 3.77. The van der Waals surface area contributed by atoms with Crippen LogP contribution in [0.15, 0.2) is 18.3 Å². The zero-order chi connectivity index (χ0) is 15.7. The fourth-order valence-electron chi connectivity index (χ4n) is 3.14. The summed E-state index contributed by atoms with van der Waals surface area (Å²) >= 11 is 6.14. The molecule has 4 nitrogen and oxygen atoms in total. The van der Waals surface area contributed by atoms with Crippen molar-refractivity contribution in [3.63, 3.8) is 0 Å². The van der Waals surface area contributed by atoms with E-state index >= 15 is 0 Å². The van der Waals surface area contributed by atoms with Crippen LogP contribution in [0.1, 0.15) is 28.8 Å². The van der Waals surface area contributed by atoms with Gasteiger partial charge in [-0.3, -0.25) is 4.79 Å². The standard InChI is InChI=1S/C17H21ClN2O2/c1-20(2)6-5-13-14(9-21)15(18)3-4-16(13)22-12-7-17(8-12)10-19-11-17/h3-6,9,12,19H,7-8,10-11H2,1-2H3/b6-5-. The van der Waals surface area contributed by atoms with E-state index in [-0.39, 0.29) is 6.10 Å². The number of hydrogen-bond acceptors (Lipinski definition) is 4. The summed E-state index contributed by atoms with van der Waals surface area (Å²) in [6.45, 7) is 2.20. The second-order valence-corrected chi connectivity index (χ2v) is 6.93. The number of rotatable bonds is 5. The van der Waals surface area contributed by atoms with E-state index in [0.29, 0.717) is 16.0 Å². The lowest BCUT2D eigenvalue weighted by Crippen LogP contribution is -2.62. The Morgan fingerprint density at radius 1 is 1.32 bits per heavy atom. The predicted molar refractivity (Wildman–Crippen MR) is 88.5 cm³/mol. The molecule has 1 heterocycles. The van der Waals surface area contributed by atoms with Gasteiger partial charge in [-0.2, -0.15) is 0 Å². The summed E-state index contributed by atoms with van der Waals surface area (Å²) in [6, 6.07) is 3.58. The number of nitrogens with one attached hydrogen (secondary N) is 1. The number of aldehydes is 1. The smallest absolute Gasteiger partial charge is 0.152 e. The zero-order valence-electron chi connectivity index (χ0n) is 12.9. The lowest BCUT2D eigenvalue weighted by Gasteiger charge is -2.53. The molecular formula is C17H21ClN2O2. The zero-order valence-corrected chi connectivity index (χ0v) is 13.7. The van der Waals surface area contributed by atoms with Crippen molar-refractivity contribution < 1.29 is 9.53 Å². The number of carbonyl (C=O) groups is 1. The molecular weight excluding hydrogens is 300 g/mol. The highest BCUT2D eigenvalue weighted by Crippen LogP contribution is 2.46. The molecule has 1 spiro atoms. The first-order valence-electron chi connectivity index (χ1n) is 7.53. The normalized spacial score (nSPS) is 19.8. The van der Waals surface area contributed by atoms with E-state index in [0.717, 1.165) is 43.5 Å². The lowest BCUT2D eigenvalue weighted by atomic mass is 9.63. The van der Waals surface area contributed by atoms with E-state index in [2.05, 4.69) is 5.32 Å². The molecule has 1 aliphatic carbocycles. The molecule has 118 valence electrons. The van der Waals surface area contributed by atoms with Gasteiger partial charge < -0.3 is 15.0 Å². The maximum absolute atomic E-state index is 11.4. The largest absolute Gasteiger partial charge is 0.490 e. The van der Waals surface area contributed by atoms with Gasteiger partial charge in [-0.1, -0.05) is 11.6 Å². The van der Waals surface area contributed by atoms with Crippen LogP contribution in [0, 0.1) is 5.41 Å². The summed E-state index contributed by atoms with van der Waals surface area (Å²) < 4.78 is 6.13. The molecule has 2 fully saturated rings. The molecule has 1 aromatic rings. The third-order valence-electron chi connectivity index (χ3n) is 4.47. The van der Waals surface area contributed by atoms with Crippen LogP contribution in [-0.2, 0) is 0 Å². The van der Waals surface area contributed by atoms with E-state index in [1.54, 1.807) is 6.07 Å². The highest BCUT2D eigenvalue weighted by molar-refractivity contribution is 6.33. The minimum absolute atomic E-state index is 0.231. The molecule has 0 amide bonds. The van der Waals surface area contributed by atoms with Crippen LogP contribution < -0.4 is 10.1 Å². The number of hydrogen-bond donors (Lipinski definition) is 1. The highest BCUT2D eigenvalue weighted by atomic mass is 35.5. The molecule has 3 rings (SSSR count). The Bertz CT molecular complexity index is 601. The highest BCUT2D eigenvalue weighted by Gasteiger charge is 2.49. The Hall–Kier alpha value is -1.52. The van der Waals surface area contributed by atoms with Crippen LogP contribution in [0.25, 0.3) is 6.08 Å². The van der Waals surface area contributed by atoms with Crippen molar-refractivity contribution in [1.29, 1.82) is 0 Å². The molecule has 0 radical (unpaired) electrons. The Balaban J connectivity index is 1.81. The third kappa shape index (κ3) is 2.85. The molecule has 5 heteroatoms. The van der Waals surface area contributed by atoms with Crippen LogP contribution in [0.3, 0.4) is 0 Å². The molecule has 1 aliphatic heterocycles. The fraction of sp³-hybridized carbons (Fsp3) is 0.471. The van der Waals surface area contributed by atoms with Gasteiger partial charge in [0.25, 0.3) is 0 Å². The van der Waals surface area contributed by atoms with Crippen molar-refractivity contribution in [1.82, 2.24) is 10.2 Å². The van der Waals surface area contributed by atoms with Crippen LogP contribution in [0.4, 0.5) is 0 Å². The van der Waals surface area contributed by atoms with Gasteiger partial charge in [0.15, 0.2) is 6.29 Å². The topological polar surface area (TPSA) is 41.6 Å². The SMILES string of the molecule is CN(C)/C=C\c1c(OC2CC3(CNC3)C2)ccc(Cl)c1C=O. The van der Waals surface area contributed by atoms with Crippen LogP contribution in [0.5, 0.6) is 5.75 Å². The number of halogens is 1. The number of carbonyl (C=O) groups excluding carboxylic acids is 1. The van der Waals surface area contributed by atoms with Gasteiger partial charge >= 0.3 is 0 Å². The predicted octanol–water partition coefficient (Wildman–Crippen LogP) is 2.82.